The fourth-order valence-electron chi connectivity index (χ4n) is 6.79. The Morgan fingerprint density at radius 2 is 1.96 bits per heavy atom. The maximum Gasteiger partial charge on any atom is 0.277 e. The highest BCUT2D eigenvalue weighted by Crippen LogP contribution is 2.86. The van der Waals surface area contributed by atoms with E-state index in [0.717, 1.165) is 28.4 Å². The van der Waals surface area contributed by atoms with Crippen molar-refractivity contribution in [2.24, 2.45) is 10.8 Å². The number of hydrogen-bond donors (Lipinski definition) is 0. The van der Waals surface area contributed by atoms with Crippen LogP contribution in [0.4, 0.5) is 0 Å². The van der Waals surface area contributed by atoms with Crippen molar-refractivity contribution in [2.75, 3.05) is 0 Å². The Kier molecular flexibility index (Phi) is 1.89. The molecular weight excluding hydrogens is 296 g/mol. The Morgan fingerprint density at radius 1 is 1.17 bits per heavy atom. The molecule has 0 N–H and O–H groups in total. The predicted octanol–water partition coefficient (Wildman–Crippen LogP) is 4.02. The Labute approximate surface area is 140 Å². The summed E-state index contributed by atoms with van der Waals surface area (Å²) < 4.78 is 2.22. The normalized spacial score (nSPS) is 38.5. The van der Waals surface area contributed by atoms with E-state index < -0.39 is 0 Å². The van der Waals surface area contributed by atoms with Crippen LogP contribution in [-0.4, -0.2) is 9.38 Å². The molecule has 3 heteroatoms. The molecule has 24 heavy (non-hydrogen) atoms. The molecule has 0 amide bonds. The molecule has 0 spiro atoms. The van der Waals surface area contributed by atoms with Gasteiger partial charge in [0, 0.05) is 34.2 Å². The standard InChI is InChI=1S/C21H20N2O/c1-19-10-14-16-15(20(2,11-19)21(14,19)3)18(24)22-17-13-7-5-4-6-12(13)8-9-23(16)17/h4-9,14H,10-11H2,1-3H3. The molecule has 1 aromatic carbocycles. The van der Waals surface area contributed by atoms with Crippen molar-refractivity contribution in [1.29, 1.82) is 0 Å². The van der Waals surface area contributed by atoms with Gasteiger partial charge in [-0.25, -0.2) is 0 Å². The topological polar surface area (TPSA) is 34.4 Å². The Balaban J connectivity index is 1.80. The van der Waals surface area contributed by atoms with E-state index in [-0.39, 0.29) is 16.4 Å². The molecule has 3 aliphatic rings. The average Bonchev–Trinajstić information content (AvgIpc) is 2.65. The second-order valence-corrected chi connectivity index (χ2v) is 8.80. The Bertz CT molecular complexity index is 1150. The van der Waals surface area contributed by atoms with Crippen LogP contribution in [-0.2, 0) is 5.41 Å². The van der Waals surface area contributed by atoms with Gasteiger partial charge in [0.15, 0.2) is 0 Å². The average molecular weight is 316 g/mol. The van der Waals surface area contributed by atoms with Crippen molar-refractivity contribution < 1.29 is 0 Å². The van der Waals surface area contributed by atoms with E-state index in [0.29, 0.717) is 11.3 Å². The van der Waals surface area contributed by atoms with Crippen LogP contribution in [0, 0.1) is 10.8 Å². The van der Waals surface area contributed by atoms with Crippen LogP contribution in [0.1, 0.15) is 50.8 Å². The van der Waals surface area contributed by atoms with E-state index in [1.165, 1.54) is 12.1 Å². The summed E-state index contributed by atoms with van der Waals surface area (Å²) in [5.74, 6) is 0.487. The lowest BCUT2D eigenvalue weighted by Gasteiger charge is -2.75. The van der Waals surface area contributed by atoms with Crippen LogP contribution >= 0.6 is 0 Å². The molecule has 2 fully saturated rings. The molecule has 3 aliphatic carbocycles. The van der Waals surface area contributed by atoms with Crippen molar-refractivity contribution in [1.82, 2.24) is 9.38 Å². The Morgan fingerprint density at radius 3 is 2.75 bits per heavy atom. The second kappa shape index (κ2) is 3.44. The van der Waals surface area contributed by atoms with E-state index in [2.05, 4.69) is 54.6 Å². The molecule has 4 unspecified atom stereocenters. The van der Waals surface area contributed by atoms with Crippen molar-refractivity contribution in [3.05, 3.63) is 58.1 Å². The smallest absolute Gasteiger partial charge is 0.277 e. The zero-order valence-corrected chi connectivity index (χ0v) is 14.3. The van der Waals surface area contributed by atoms with Gasteiger partial charge < -0.3 is 4.40 Å². The first-order chi connectivity index (χ1) is 11.4. The van der Waals surface area contributed by atoms with Gasteiger partial charge in [0.1, 0.15) is 5.65 Å². The maximum atomic E-state index is 13.1. The maximum absolute atomic E-state index is 13.1. The first kappa shape index (κ1) is 13.2. The predicted molar refractivity (Wildman–Crippen MR) is 94.5 cm³/mol. The molecule has 2 aromatic heterocycles. The van der Waals surface area contributed by atoms with Gasteiger partial charge in [-0.3, -0.25) is 4.79 Å². The minimum Gasteiger partial charge on any atom is -0.304 e. The summed E-state index contributed by atoms with van der Waals surface area (Å²) >= 11 is 0. The van der Waals surface area contributed by atoms with Crippen molar-refractivity contribution >= 4 is 16.4 Å². The summed E-state index contributed by atoms with van der Waals surface area (Å²) in [6.45, 7) is 7.10. The lowest BCUT2D eigenvalue weighted by molar-refractivity contribution is -0.228. The van der Waals surface area contributed by atoms with Gasteiger partial charge in [-0.1, -0.05) is 45.0 Å². The fourth-order valence-corrected chi connectivity index (χ4v) is 6.79. The summed E-state index contributed by atoms with van der Waals surface area (Å²) in [6.07, 6.45) is 4.44. The van der Waals surface area contributed by atoms with Crippen molar-refractivity contribution in [3.8, 4) is 0 Å². The van der Waals surface area contributed by atoms with Crippen molar-refractivity contribution in [2.45, 2.75) is 44.9 Å². The van der Waals surface area contributed by atoms with Crippen LogP contribution in [0.5, 0.6) is 0 Å². The van der Waals surface area contributed by atoms with Gasteiger partial charge in [-0.05, 0) is 35.1 Å². The van der Waals surface area contributed by atoms with Gasteiger partial charge in [0.05, 0.1) is 0 Å². The van der Waals surface area contributed by atoms with Gasteiger partial charge in [0.25, 0.3) is 5.56 Å². The summed E-state index contributed by atoms with van der Waals surface area (Å²) in [4.78, 5) is 17.6. The number of benzene rings is 1. The zero-order valence-electron chi connectivity index (χ0n) is 14.3. The monoisotopic (exact) mass is 316 g/mol. The second-order valence-electron chi connectivity index (χ2n) is 8.80. The van der Waals surface area contributed by atoms with Gasteiger partial charge in [-0.2, -0.15) is 4.98 Å². The minimum absolute atomic E-state index is 0.00141. The van der Waals surface area contributed by atoms with Crippen molar-refractivity contribution in [3.63, 3.8) is 0 Å². The number of hydrogen-bond acceptors (Lipinski definition) is 2. The van der Waals surface area contributed by atoms with Gasteiger partial charge in [-0.15, -0.1) is 0 Å². The summed E-state index contributed by atoms with van der Waals surface area (Å²) in [6, 6.07) is 10.4. The molecule has 3 aromatic rings. The van der Waals surface area contributed by atoms with Crippen LogP contribution in [0.2, 0.25) is 0 Å². The van der Waals surface area contributed by atoms with Crippen LogP contribution in [0.25, 0.3) is 16.4 Å². The van der Waals surface area contributed by atoms with Gasteiger partial charge >= 0.3 is 0 Å². The number of pyridine rings is 1. The highest BCUT2D eigenvalue weighted by Gasteiger charge is 2.81. The molecule has 3 nitrogen and oxygen atoms in total. The molecule has 120 valence electrons. The number of fused-ring (bicyclic) bond motifs is 7. The quantitative estimate of drug-likeness (QED) is 0.587. The molecule has 0 bridgehead atoms. The SMILES string of the molecule is CC12CC3c4c(c(=O)nc5c6ccccc6ccn45)C(C)(C1)C32C. The molecule has 6 rings (SSSR count). The van der Waals surface area contributed by atoms with E-state index in [9.17, 15) is 4.79 Å². The van der Waals surface area contributed by atoms with E-state index in [1.54, 1.807) is 0 Å². The first-order valence-corrected chi connectivity index (χ1v) is 8.85. The Hall–Kier alpha value is -2.16. The highest BCUT2D eigenvalue weighted by molar-refractivity contribution is 5.93. The molecule has 2 heterocycles. The minimum atomic E-state index is -0.00306. The zero-order chi connectivity index (χ0) is 16.5. The molecule has 4 atom stereocenters. The van der Waals surface area contributed by atoms with E-state index in [4.69, 9.17) is 0 Å². The lowest BCUT2D eigenvalue weighted by atomic mass is 9.28. The number of rotatable bonds is 0. The molecule has 0 aliphatic heterocycles. The summed E-state index contributed by atoms with van der Waals surface area (Å²) in [5.41, 5.74) is 3.67. The van der Waals surface area contributed by atoms with Crippen LogP contribution in [0.3, 0.4) is 0 Å². The number of aromatic nitrogens is 2. The fraction of sp³-hybridized carbons (Fsp3) is 0.429. The lowest BCUT2D eigenvalue weighted by Crippen LogP contribution is -2.70. The molecule has 0 radical (unpaired) electrons. The summed E-state index contributed by atoms with van der Waals surface area (Å²) in [5, 5.41) is 2.21. The van der Waals surface area contributed by atoms with Gasteiger partial charge in [0.2, 0.25) is 0 Å². The third kappa shape index (κ3) is 1.03. The molecular formula is C21H20N2O. The highest BCUT2D eigenvalue weighted by atomic mass is 16.1. The largest absolute Gasteiger partial charge is 0.304 e. The molecule has 2 saturated carbocycles. The third-order valence-electron chi connectivity index (χ3n) is 8.15. The number of nitrogens with zero attached hydrogens (tertiary/aromatic N) is 2. The van der Waals surface area contributed by atoms with Crippen LogP contribution in [0.15, 0.2) is 41.3 Å². The van der Waals surface area contributed by atoms with E-state index >= 15 is 0 Å². The van der Waals surface area contributed by atoms with Crippen LogP contribution < -0.4 is 5.56 Å². The third-order valence-corrected chi connectivity index (χ3v) is 8.15. The molecule has 0 saturated heterocycles. The first-order valence-electron chi connectivity index (χ1n) is 8.85. The summed E-state index contributed by atoms with van der Waals surface area (Å²) in [7, 11) is 0. The van der Waals surface area contributed by atoms with E-state index in [1.807, 2.05) is 12.1 Å².